The Balaban J connectivity index is 1.94. The molecule has 2 saturated carbocycles. The predicted octanol–water partition coefficient (Wildman–Crippen LogP) is 6.25. The summed E-state index contributed by atoms with van der Waals surface area (Å²) < 4.78 is 30.9. The van der Waals surface area contributed by atoms with Crippen LogP contribution in [0.25, 0.3) is 0 Å². The second kappa shape index (κ2) is 10.2. The Hall–Kier alpha value is 0.110. The fourth-order valence-corrected chi connectivity index (χ4v) is 5.23. The summed E-state index contributed by atoms with van der Waals surface area (Å²) in [7, 11) is -3.44. The molecule has 0 aromatic heterocycles. The van der Waals surface area contributed by atoms with Crippen molar-refractivity contribution in [3.63, 3.8) is 0 Å². The second-order valence-corrected chi connectivity index (χ2v) is 8.73. The molecule has 4 nitrogen and oxygen atoms in total. The van der Waals surface area contributed by atoms with Gasteiger partial charge in [0.15, 0.2) is 0 Å². The number of hydrogen-bond donors (Lipinski definition) is 0. The molecule has 0 aliphatic heterocycles. The van der Waals surface area contributed by atoms with E-state index >= 15 is 0 Å². The fourth-order valence-electron chi connectivity index (χ4n) is 3.51. The van der Waals surface area contributed by atoms with Crippen LogP contribution in [-0.2, 0) is 18.1 Å². The van der Waals surface area contributed by atoms with Crippen LogP contribution in [0.3, 0.4) is 0 Å². The van der Waals surface area contributed by atoms with Crippen LogP contribution in [0.2, 0.25) is 0 Å². The molecule has 2 fully saturated rings. The summed E-state index contributed by atoms with van der Waals surface area (Å²) in [4.78, 5) is 0. The van der Waals surface area contributed by atoms with Crippen LogP contribution in [0.4, 0.5) is 0 Å². The van der Waals surface area contributed by atoms with Crippen LogP contribution < -0.4 is 0 Å². The summed E-state index contributed by atoms with van der Waals surface area (Å²) in [6, 6.07) is 0. The van der Waals surface area contributed by atoms with E-state index in [1.165, 1.54) is 12.8 Å². The van der Waals surface area contributed by atoms with Gasteiger partial charge in [-0.25, -0.2) is 4.57 Å². The lowest BCUT2D eigenvalue weighted by Crippen LogP contribution is -2.22. The maximum atomic E-state index is 13.2. The van der Waals surface area contributed by atoms with Crippen LogP contribution in [-0.4, -0.2) is 18.8 Å². The molecular weight excluding hydrogens is 311 g/mol. The average molecular weight is 346 g/mol. The predicted molar refractivity (Wildman–Crippen MR) is 93.5 cm³/mol. The molecule has 0 radical (unpaired) electrons. The first-order chi connectivity index (χ1) is 11.1. The van der Waals surface area contributed by atoms with E-state index in [9.17, 15) is 4.57 Å². The van der Waals surface area contributed by atoms with Gasteiger partial charge in [-0.2, -0.15) is 0 Å². The van der Waals surface area contributed by atoms with Gasteiger partial charge in [-0.15, -0.1) is 0 Å². The van der Waals surface area contributed by atoms with E-state index in [-0.39, 0.29) is 12.2 Å². The maximum absolute atomic E-state index is 13.2. The highest BCUT2D eigenvalue weighted by Crippen LogP contribution is 2.54. The summed E-state index contributed by atoms with van der Waals surface area (Å²) in [5.74, 6) is 0.424. The number of phosphoric acid groups is 1. The molecule has 23 heavy (non-hydrogen) atoms. The van der Waals surface area contributed by atoms with Crippen LogP contribution in [0.15, 0.2) is 0 Å². The topological polar surface area (TPSA) is 44.8 Å². The van der Waals surface area contributed by atoms with Crippen molar-refractivity contribution in [2.75, 3.05) is 6.61 Å². The average Bonchev–Trinajstić information content (AvgIpc) is 2.57. The lowest BCUT2D eigenvalue weighted by atomic mass is 9.98. The Morgan fingerprint density at radius 2 is 1.26 bits per heavy atom. The maximum Gasteiger partial charge on any atom is 0.475 e. The molecule has 2 aliphatic carbocycles. The van der Waals surface area contributed by atoms with Crippen molar-refractivity contribution in [3.8, 4) is 0 Å². The molecule has 2 aliphatic rings. The van der Waals surface area contributed by atoms with Gasteiger partial charge in [-0.1, -0.05) is 65.2 Å². The van der Waals surface area contributed by atoms with Gasteiger partial charge >= 0.3 is 7.82 Å². The van der Waals surface area contributed by atoms with Crippen molar-refractivity contribution in [3.05, 3.63) is 0 Å². The van der Waals surface area contributed by atoms with E-state index in [0.29, 0.717) is 12.5 Å². The van der Waals surface area contributed by atoms with Gasteiger partial charge in [-0.05, 0) is 31.6 Å². The SMILES string of the molecule is CCC(CC)COP(=O)(OC1CCCCC1)OC1CCCCC1. The normalized spacial score (nSPS) is 21.9. The Kier molecular flexibility index (Phi) is 8.60. The molecule has 0 heterocycles. The van der Waals surface area contributed by atoms with Crippen molar-refractivity contribution in [2.45, 2.75) is 103 Å². The van der Waals surface area contributed by atoms with E-state index in [0.717, 1.165) is 64.2 Å². The summed E-state index contributed by atoms with van der Waals surface area (Å²) in [5.41, 5.74) is 0. The molecular formula is C18H35O4P. The van der Waals surface area contributed by atoms with Gasteiger partial charge in [0, 0.05) is 0 Å². The van der Waals surface area contributed by atoms with Gasteiger partial charge in [0.1, 0.15) is 0 Å². The molecule has 0 amide bonds. The van der Waals surface area contributed by atoms with Crippen LogP contribution in [0.1, 0.15) is 90.9 Å². The highest BCUT2D eigenvalue weighted by molar-refractivity contribution is 7.48. The highest BCUT2D eigenvalue weighted by Gasteiger charge is 2.35. The molecule has 0 N–H and O–H groups in total. The summed E-state index contributed by atoms with van der Waals surface area (Å²) in [6.07, 6.45) is 13.2. The smallest absolute Gasteiger partial charge is 0.287 e. The van der Waals surface area contributed by atoms with Gasteiger partial charge in [-0.3, -0.25) is 13.6 Å². The molecule has 0 aromatic rings. The lowest BCUT2D eigenvalue weighted by Gasteiger charge is -2.31. The highest BCUT2D eigenvalue weighted by atomic mass is 31.2. The molecule has 5 heteroatoms. The zero-order valence-electron chi connectivity index (χ0n) is 15.0. The van der Waals surface area contributed by atoms with Crippen molar-refractivity contribution >= 4 is 7.82 Å². The Morgan fingerprint density at radius 1 is 0.826 bits per heavy atom. The quantitative estimate of drug-likeness (QED) is 0.463. The number of hydrogen-bond acceptors (Lipinski definition) is 4. The van der Waals surface area contributed by atoms with E-state index in [1.807, 2.05) is 0 Å². The lowest BCUT2D eigenvalue weighted by molar-refractivity contribution is 0.0245. The third kappa shape index (κ3) is 6.86. The zero-order valence-corrected chi connectivity index (χ0v) is 15.9. The third-order valence-corrected chi connectivity index (χ3v) is 6.86. The monoisotopic (exact) mass is 346 g/mol. The van der Waals surface area contributed by atoms with Crippen molar-refractivity contribution < 1.29 is 18.1 Å². The molecule has 0 bridgehead atoms. The van der Waals surface area contributed by atoms with Crippen molar-refractivity contribution in [1.82, 2.24) is 0 Å². The van der Waals surface area contributed by atoms with Gasteiger partial charge in [0.25, 0.3) is 0 Å². The summed E-state index contributed by atoms with van der Waals surface area (Å²) >= 11 is 0. The molecule has 0 aromatic carbocycles. The minimum Gasteiger partial charge on any atom is -0.287 e. The Bertz CT molecular complexity index is 334. The van der Waals surface area contributed by atoms with Gasteiger partial charge in [0.2, 0.25) is 0 Å². The van der Waals surface area contributed by atoms with Gasteiger partial charge in [0.05, 0.1) is 18.8 Å². The largest absolute Gasteiger partial charge is 0.475 e. The molecule has 0 saturated heterocycles. The minimum absolute atomic E-state index is 0.0416. The Labute approximate surface area is 142 Å². The van der Waals surface area contributed by atoms with E-state index in [1.54, 1.807) is 0 Å². The Morgan fingerprint density at radius 3 is 1.65 bits per heavy atom. The first-order valence-electron chi connectivity index (χ1n) is 9.76. The second-order valence-electron chi connectivity index (χ2n) is 7.16. The summed E-state index contributed by atoms with van der Waals surface area (Å²) in [6.45, 7) is 4.77. The van der Waals surface area contributed by atoms with Crippen LogP contribution in [0, 0.1) is 5.92 Å². The van der Waals surface area contributed by atoms with Crippen LogP contribution in [0.5, 0.6) is 0 Å². The summed E-state index contributed by atoms with van der Waals surface area (Å²) in [5, 5.41) is 0. The first-order valence-corrected chi connectivity index (χ1v) is 11.2. The van der Waals surface area contributed by atoms with Crippen LogP contribution >= 0.6 is 7.82 Å². The third-order valence-electron chi connectivity index (χ3n) is 5.28. The minimum atomic E-state index is -3.44. The first kappa shape index (κ1) is 19.4. The molecule has 136 valence electrons. The number of rotatable bonds is 9. The van der Waals surface area contributed by atoms with Crippen molar-refractivity contribution in [2.24, 2.45) is 5.92 Å². The van der Waals surface area contributed by atoms with E-state index in [4.69, 9.17) is 13.6 Å². The fraction of sp³-hybridized carbons (Fsp3) is 1.00. The van der Waals surface area contributed by atoms with Crippen molar-refractivity contribution in [1.29, 1.82) is 0 Å². The molecule has 0 unspecified atom stereocenters. The number of phosphoric ester groups is 1. The molecule has 0 atom stereocenters. The van der Waals surface area contributed by atoms with Gasteiger partial charge < -0.3 is 0 Å². The molecule has 0 spiro atoms. The zero-order chi connectivity index (χ0) is 16.5. The standard InChI is InChI=1S/C18H35O4P/c1-3-16(4-2)15-20-23(19,21-17-11-7-5-8-12-17)22-18-13-9-6-10-14-18/h16-18H,3-15H2,1-2H3. The van der Waals surface area contributed by atoms with E-state index in [2.05, 4.69) is 13.8 Å². The van der Waals surface area contributed by atoms with E-state index < -0.39 is 7.82 Å². The molecule has 2 rings (SSSR count).